The van der Waals surface area contributed by atoms with Gasteiger partial charge in [0.2, 0.25) is 0 Å². The molecule has 31 heavy (non-hydrogen) atoms. The lowest BCUT2D eigenvalue weighted by Gasteiger charge is -2.16. The Hall–Kier alpha value is -4.20. The molecule has 158 valence electrons. The molecule has 4 rings (SSSR count). The topological polar surface area (TPSA) is 89.1 Å². The molecular formula is C23H21N3O5. The van der Waals surface area contributed by atoms with Gasteiger partial charge in [0.05, 0.1) is 31.2 Å². The van der Waals surface area contributed by atoms with Crippen molar-refractivity contribution in [3.63, 3.8) is 0 Å². The van der Waals surface area contributed by atoms with Crippen LogP contribution in [0, 0.1) is 0 Å². The lowest BCUT2D eigenvalue weighted by Crippen LogP contribution is -2.25. The summed E-state index contributed by atoms with van der Waals surface area (Å²) in [5, 5.41) is 5.46. The number of ether oxygens (including phenoxy) is 3. The number of amides is 3. The molecule has 3 amide bonds. The normalized spacial score (nSPS) is 12.1. The van der Waals surface area contributed by atoms with E-state index in [4.69, 9.17) is 14.2 Å². The molecule has 8 heteroatoms. The number of nitrogens with zero attached hydrogens (tertiary/aromatic N) is 1. The Morgan fingerprint density at radius 1 is 0.935 bits per heavy atom. The maximum atomic E-state index is 13.0. The fraction of sp³-hybridized carbons (Fsp3) is 0.130. The van der Waals surface area contributed by atoms with Crippen LogP contribution in [0.2, 0.25) is 0 Å². The van der Waals surface area contributed by atoms with Crippen LogP contribution in [0.5, 0.6) is 23.0 Å². The molecule has 3 aromatic rings. The van der Waals surface area contributed by atoms with Crippen molar-refractivity contribution in [2.24, 2.45) is 0 Å². The van der Waals surface area contributed by atoms with Gasteiger partial charge in [0.25, 0.3) is 5.91 Å². The number of anilines is 3. The van der Waals surface area contributed by atoms with Crippen molar-refractivity contribution in [3.05, 3.63) is 66.2 Å². The summed E-state index contributed by atoms with van der Waals surface area (Å²) < 4.78 is 16.4. The van der Waals surface area contributed by atoms with Crippen molar-refractivity contribution in [1.29, 1.82) is 0 Å². The first-order valence-electron chi connectivity index (χ1n) is 9.49. The van der Waals surface area contributed by atoms with E-state index in [1.54, 1.807) is 56.6 Å². The zero-order valence-corrected chi connectivity index (χ0v) is 17.3. The van der Waals surface area contributed by atoms with Gasteiger partial charge in [0, 0.05) is 18.8 Å². The quantitative estimate of drug-likeness (QED) is 0.638. The second kappa shape index (κ2) is 8.27. The largest absolute Gasteiger partial charge is 0.497 e. The first kappa shape index (κ1) is 20.1. The Morgan fingerprint density at radius 3 is 2.52 bits per heavy atom. The van der Waals surface area contributed by atoms with Crippen LogP contribution in [0.25, 0.3) is 0 Å². The minimum atomic E-state index is -0.484. The van der Waals surface area contributed by atoms with E-state index in [1.807, 2.05) is 18.2 Å². The molecule has 1 aliphatic rings. The van der Waals surface area contributed by atoms with Crippen molar-refractivity contribution >= 4 is 29.0 Å². The number of hydrogen-bond acceptors (Lipinski definition) is 5. The zero-order valence-electron chi connectivity index (χ0n) is 17.3. The summed E-state index contributed by atoms with van der Waals surface area (Å²) in [6.45, 7) is 0. The smallest absolute Gasteiger partial charge is 0.323 e. The molecule has 0 unspecified atom stereocenters. The van der Waals surface area contributed by atoms with E-state index in [9.17, 15) is 9.59 Å². The lowest BCUT2D eigenvalue weighted by molar-refractivity contribution is 0.0993. The van der Waals surface area contributed by atoms with E-state index in [2.05, 4.69) is 10.6 Å². The molecule has 0 spiro atoms. The minimum Gasteiger partial charge on any atom is -0.497 e. The van der Waals surface area contributed by atoms with E-state index in [0.29, 0.717) is 45.6 Å². The average molecular weight is 419 g/mol. The molecule has 0 fully saturated rings. The van der Waals surface area contributed by atoms with Crippen molar-refractivity contribution < 1.29 is 23.8 Å². The molecule has 0 radical (unpaired) electrons. The molecular weight excluding hydrogens is 398 g/mol. The van der Waals surface area contributed by atoms with Gasteiger partial charge in [0.1, 0.15) is 17.2 Å². The highest BCUT2D eigenvalue weighted by molar-refractivity contribution is 6.10. The number of para-hydroxylation sites is 2. The molecule has 1 aliphatic heterocycles. The highest BCUT2D eigenvalue weighted by Crippen LogP contribution is 2.39. The van der Waals surface area contributed by atoms with Gasteiger partial charge in [-0.15, -0.1) is 0 Å². The maximum Gasteiger partial charge on any atom is 0.323 e. The molecule has 0 saturated carbocycles. The van der Waals surface area contributed by atoms with Gasteiger partial charge in [-0.1, -0.05) is 12.1 Å². The summed E-state index contributed by atoms with van der Waals surface area (Å²) in [5.74, 6) is 1.84. The second-order valence-corrected chi connectivity index (χ2v) is 6.79. The summed E-state index contributed by atoms with van der Waals surface area (Å²) in [6.07, 6.45) is 0. The molecule has 1 heterocycles. The van der Waals surface area contributed by atoms with Gasteiger partial charge in [-0.05, 0) is 42.5 Å². The highest BCUT2D eigenvalue weighted by Gasteiger charge is 2.26. The van der Waals surface area contributed by atoms with E-state index in [1.165, 1.54) is 12.0 Å². The minimum absolute atomic E-state index is 0.235. The van der Waals surface area contributed by atoms with Gasteiger partial charge in [-0.3, -0.25) is 4.79 Å². The van der Waals surface area contributed by atoms with E-state index >= 15 is 0 Å². The van der Waals surface area contributed by atoms with Crippen LogP contribution >= 0.6 is 0 Å². The van der Waals surface area contributed by atoms with Crippen LogP contribution in [0.1, 0.15) is 10.4 Å². The van der Waals surface area contributed by atoms with Gasteiger partial charge < -0.3 is 29.7 Å². The number of methoxy groups -OCH3 is 2. The van der Waals surface area contributed by atoms with Gasteiger partial charge in [0.15, 0.2) is 5.75 Å². The number of urea groups is 1. The molecule has 0 atom stereocenters. The number of rotatable bonds is 4. The predicted molar refractivity (Wildman–Crippen MR) is 118 cm³/mol. The molecule has 2 N–H and O–H groups in total. The summed E-state index contributed by atoms with van der Waals surface area (Å²) in [5.41, 5.74) is 1.94. The van der Waals surface area contributed by atoms with Crippen LogP contribution in [0.4, 0.5) is 21.9 Å². The van der Waals surface area contributed by atoms with Gasteiger partial charge in [-0.2, -0.15) is 0 Å². The van der Waals surface area contributed by atoms with Crippen LogP contribution in [0.15, 0.2) is 60.7 Å². The third-order valence-corrected chi connectivity index (χ3v) is 4.88. The van der Waals surface area contributed by atoms with Gasteiger partial charge in [-0.25, -0.2) is 4.79 Å². The first-order chi connectivity index (χ1) is 15.0. The highest BCUT2D eigenvalue weighted by atomic mass is 16.5. The summed E-state index contributed by atoms with van der Waals surface area (Å²) in [7, 11) is 4.74. The zero-order chi connectivity index (χ0) is 22.0. The van der Waals surface area contributed by atoms with Crippen molar-refractivity contribution in [3.8, 4) is 23.0 Å². The van der Waals surface area contributed by atoms with Crippen molar-refractivity contribution in [1.82, 2.24) is 0 Å². The number of benzene rings is 3. The van der Waals surface area contributed by atoms with E-state index < -0.39 is 6.03 Å². The number of carbonyl (C=O) groups is 2. The third-order valence-electron chi connectivity index (χ3n) is 4.88. The molecule has 0 aliphatic carbocycles. The third kappa shape index (κ3) is 3.95. The number of hydrogen-bond donors (Lipinski definition) is 2. The first-order valence-corrected chi connectivity index (χ1v) is 9.49. The molecule has 0 aromatic heterocycles. The van der Waals surface area contributed by atoms with Gasteiger partial charge >= 0.3 is 6.03 Å². The molecule has 8 nitrogen and oxygen atoms in total. The number of nitrogens with one attached hydrogen (secondary N) is 2. The number of fused-ring (bicyclic) bond motifs is 2. The maximum absolute atomic E-state index is 13.0. The molecule has 0 bridgehead atoms. The monoisotopic (exact) mass is 419 g/mol. The number of carbonyl (C=O) groups excluding carboxylic acids is 2. The van der Waals surface area contributed by atoms with Crippen molar-refractivity contribution in [2.45, 2.75) is 0 Å². The van der Waals surface area contributed by atoms with E-state index in [0.717, 1.165) is 0 Å². The lowest BCUT2D eigenvalue weighted by atomic mass is 10.1. The van der Waals surface area contributed by atoms with Crippen LogP contribution in [-0.4, -0.2) is 33.2 Å². The summed E-state index contributed by atoms with van der Waals surface area (Å²) in [4.78, 5) is 27.0. The summed E-state index contributed by atoms with van der Waals surface area (Å²) >= 11 is 0. The van der Waals surface area contributed by atoms with Crippen LogP contribution in [0.3, 0.4) is 0 Å². The van der Waals surface area contributed by atoms with Crippen LogP contribution < -0.4 is 29.7 Å². The summed E-state index contributed by atoms with van der Waals surface area (Å²) in [6, 6.07) is 16.8. The molecule has 3 aromatic carbocycles. The second-order valence-electron chi connectivity index (χ2n) is 6.79. The SMILES string of the molecule is COc1ccc(NC(=O)Nc2ccc3c(c2)C(=O)N(C)c2ccccc2O3)c(OC)c1. The van der Waals surface area contributed by atoms with Crippen molar-refractivity contribution in [2.75, 3.05) is 36.8 Å². The van der Waals surface area contributed by atoms with E-state index in [-0.39, 0.29) is 5.91 Å². The Bertz CT molecular complexity index is 1160. The Morgan fingerprint density at radius 2 is 1.74 bits per heavy atom. The van der Waals surface area contributed by atoms with Crippen LogP contribution in [-0.2, 0) is 0 Å². The Balaban J connectivity index is 1.55. The standard InChI is InChI=1S/C23H21N3O5/c1-26-18-6-4-5-7-20(18)31-19-11-8-14(12-16(19)22(26)27)24-23(28)25-17-10-9-15(29-2)13-21(17)30-3/h4-13H,1-3H3,(H2,24,25,28). The molecule has 0 saturated heterocycles. The fourth-order valence-corrected chi connectivity index (χ4v) is 3.28. The predicted octanol–water partition coefficient (Wildman–Crippen LogP) is 4.73. The fourth-order valence-electron chi connectivity index (χ4n) is 3.28. The Kier molecular flexibility index (Phi) is 5.36. The average Bonchev–Trinajstić information content (AvgIpc) is 2.89. The Labute approximate surface area is 179 Å².